The first-order valence-corrected chi connectivity index (χ1v) is 10.1. The minimum atomic E-state index is -0.232. The van der Waals surface area contributed by atoms with Gasteiger partial charge in [0.15, 0.2) is 6.19 Å². The molecule has 166 valence electrons. The number of nitriles is 1. The molecule has 4 aromatic rings. The van der Waals surface area contributed by atoms with E-state index in [9.17, 15) is 5.26 Å². The predicted molar refractivity (Wildman–Crippen MR) is 124 cm³/mol. The van der Waals surface area contributed by atoms with Gasteiger partial charge >= 0.3 is 0 Å². The molecule has 0 aliphatic rings. The summed E-state index contributed by atoms with van der Waals surface area (Å²) in [5, 5.41) is 19.2. The van der Waals surface area contributed by atoms with Crippen molar-refractivity contribution in [2.75, 3.05) is 19.5 Å². The number of aliphatic imine (C=N–C) groups is 1. The third kappa shape index (κ3) is 4.83. The zero-order valence-electron chi connectivity index (χ0n) is 18.4. The van der Waals surface area contributed by atoms with Gasteiger partial charge in [-0.15, -0.1) is 5.10 Å². The fourth-order valence-electron chi connectivity index (χ4n) is 3.23. The summed E-state index contributed by atoms with van der Waals surface area (Å²) >= 11 is 0. The van der Waals surface area contributed by atoms with Crippen molar-refractivity contribution in [3.8, 4) is 28.9 Å². The molecule has 2 aromatic heterocycles. The van der Waals surface area contributed by atoms with E-state index in [-0.39, 0.29) is 17.9 Å². The highest BCUT2D eigenvalue weighted by Crippen LogP contribution is 2.23. The number of ether oxygens (including phenoxy) is 2. The van der Waals surface area contributed by atoms with Gasteiger partial charge in [-0.25, -0.2) is 9.98 Å². The smallest absolute Gasteiger partial charge is 0.254 e. The molecule has 0 aliphatic heterocycles. The fourth-order valence-corrected chi connectivity index (χ4v) is 3.23. The van der Waals surface area contributed by atoms with Gasteiger partial charge in [-0.3, -0.25) is 10.6 Å². The topological polar surface area (TPSA) is 122 Å². The molecule has 0 saturated carbocycles. The van der Waals surface area contributed by atoms with E-state index in [1.165, 1.54) is 0 Å². The Morgan fingerprint density at radius 3 is 2.33 bits per heavy atom. The summed E-state index contributed by atoms with van der Waals surface area (Å²) in [5.41, 5.74) is 2.69. The third-order valence-corrected chi connectivity index (χ3v) is 4.95. The van der Waals surface area contributed by atoms with E-state index < -0.39 is 0 Å². The molecule has 2 aromatic carbocycles. The van der Waals surface area contributed by atoms with Crippen LogP contribution in [0.3, 0.4) is 0 Å². The van der Waals surface area contributed by atoms with Crippen LogP contribution in [0.15, 0.2) is 65.8 Å². The van der Waals surface area contributed by atoms with E-state index >= 15 is 0 Å². The number of hydrogen-bond donors (Lipinski definition) is 2. The Bertz CT molecular complexity index is 1310. The molecule has 10 heteroatoms. The predicted octanol–water partition coefficient (Wildman–Crippen LogP) is 3.41. The Morgan fingerprint density at radius 1 is 1.03 bits per heavy atom. The molecular formula is C23H22N8O2. The molecule has 10 nitrogen and oxygen atoms in total. The molecule has 33 heavy (non-hydrogen) atoms. The van der Waals surface area contributed by atoms with Gasteiger partial charge in [0.05, 0.1) is 26.0 Å². The summed E-state index contributed by atoms with van der Waals surface area (Å²) in [4.78, 5) is 13.3. The van der Waals surface area contributed by atoms with Crippen LogP contribution in [0.2, 0.25) is 0 Å². The normalized spacial score (nSPS) is 12.1. The number of benzene rings is 2. The van der Waals surface area contributed by atoms with Gasteiger partial charge < -0.3 is 9.47 Å². The van der Waals surface area contributed by atoms with Gasteiger partial charge in [0.1, 0.15) is 11.5 Å². The van der Waals surface area contributed by atoms with Crippen LogP contribution in [0.5, 0.6) is 11.5 Å². The number of anilines is 1. The Kier molecular flexibility index (Phi) is 6.31. The van der Waals surface area contributed by atoms with Gasteiger partial charge in [-0.05, 0) is 55.0 Å². The van der Waals surface area contributed by atoms with Crippen molar-refractivity contribution in [3.05, 3.63) is 66.4 Å². The number of rotatable bonds is 6. The van der Waals surface area contributed by atoms with Gasteiger partial charge in [0.25, 0.3) is 11.7 Å². The minimum absolute atomic E-state index is 0.225. The van der Waals surface area contributed by atoms with E-state index in [0.29, 0.717) is 5.78 Å². The molecule has 4 rings (SSSR count). The maximum absolute atomic E-state index is 9.17. The average molecular weight is 442 g/mol. The van der Waals surface area contributed by atoms with Crippen LogP contribution in [0.25, 0.3) is 17.0 Å². The molecule has 0 radical (unpaired) electrons. The molecule has 1 atom stereocenters. The lowest BCUT2D eigenvalue weighted by Crippen LogP contribution is -2.28. The van der Waals surface area contributed by atoms with Crippen molar-refractivity contribution in [1.82, 2.24) is 24.9 Å². The van der Waals surface area contributed by atoms with Gasteiger partial charge in [-0.2, -0.15) is 14.8 Å². The number of methoxy groups -OCH3 is 2. The van der Waals surface area contributed by atoms with Crippen LogP contribution in [0.4, 0.5) is 5.95 Å². The lowest BCUT2D eigenvalue weighted by atomic mass is 10.1. The van der Waals surface area contributed by atoms with E-state index in [1.807, 2.05) is 67.7 Å². The zero-order chi connectivity index (χ0) is 23.2. The van der Waals surface area contributed by atoms with E-state index in [0.717, 1.165) is 28.3 Å². The van der Waals surface area contributed by atoms with Crippen LogP contribution >= 0.6 is 0 Å². The standard InChI is InChI=1S/C23H22N8O2/c1-15(16-4-8-18(32-2)9-5-16)27-21(26-14-24)28-22-29-23-25-13-12-20(31(23)30-22)17-6-10-19(33-3)11-7-17/h4-13,15H,1-3H3,(H2,26,27,28,30). The molecule has 0 bridgehead atoms. The minimum Gasteiger partial charge on any atom is -0.497 e. The van der Waals surface area contributed by atoms with Crippen LogP contribution < -0.4 is 20.1 Å². The van der Waals surface area contributed by atoms with Crippen molar-refractivity contribution >= 4 is 17.7 Å². The van der Waals surface area contributed by atoms with Crippen molar-refractivity contribution in [1.29, 1.82) is 5.26 Å². The summed E-state index contributed by atoms with van der Waals surface area (Å²) in [6, 6.07) is 16.8. The molecule has 0 fully saturated rings. The molecule has 2 heterocycles. The Morgan fingerprint density at radius 2 is 1.70 bits per heavy atom. The number of fused-ring (bicyclic) bond motifs is 1. The highest BCUT2D eigenvalue weighted by molar-refractivity contribution is 5.93. The Balaban J connectivity index is 1.61. The van der Waals surface area contributed by atoms with Crippen molar-refractivity contribution in [3.63, 3.8) is 0 Å². The van der Waals surface area contributed by atoms with Gasteiger partial charge in [-0.1, -0.05) is 12.1 Å². The number of hydrogen-bond acceptors (Lipinski definition) is 7. The van der Waals surface area contributed by atoms with Crippen LogP contribution in [0.1, 0.15) is 18.5 Å². The van der Waals surface area contributed by atoms with Crippen molar-refractivity contribution < 1.29 is 9.47 Å². The van der Waals surface area contributed by atoms with Crippen LogP contribution in [-0.4, -0.2) is 39.8 Å². The first-order chi connectivity index (χ1) is 16.1. The summed E-state index contributed by atoms with van der Waals surface area (Å²) in [6.07, 6.45) is 3.56. The summed E-state index contributed by atoms with van der Waals surface area (Å²) in [7, 11) is 3.24. The van der Waals surface area contributed by atoms with E-state index in [2.05, 4.69) is 30.7 Å². The Labute approximate surface area is 190 Å². The number of nitrogens with one attached hydrogen (secondary N) is 2. The van der Waals surface area contributed by atoms with Crippen molar-refractivity contribution in [2.45, 2.75) is 13.0 Å². The fraction of sp³-hybridized carbons (Fsp3) is 0.174. The molecule has 0 aliphatic carbocycles. The summed E-state index contributed by atoms with van der Waals surface area (Å²) in [5.74, 6) is 2.41. The first kappa shape index (κ1) is 21.6. The lowest BCUT2D eigenvalue weighted by Gasteiger charge is -2.11. The second-order valence-corrected chi connectivity index (χ2v) is 6.99. The second kappa shape index (κ2) is 9.65. The monoisotopic (exact) mass is 442 g/mol. The number of aromatic nitrogens is 4. The summed E-state index contributed by atoms with van der Waals surface area (Å²) in [6.45, 7) is 1.92. The van der Waals surface area contributed by atoms with Crippen molar-refractivity contribution in [2.24, 2.45) is 4.99 Å². The molecule has 0 amide bonds. The number of guanidine groups is 1. The number of nitrogens with zero attached hydrogens (tertiary/aromatic N) is 6. The lowest BCUT2D eigenvalue weighted by molar-refractivity contribution is 0.414. The molecule has 2 N–H and O–H groups in total. The highest BCUT2D eigenvalue weighted by Gasteiger charge is 2.13. The van der Waals surface area contributed by atoms with Crippen LogP contribution in [-0.2, 0) is 0 Å². The van der Waals surface area contributed by atoms with Gasteiger partial charge in [0.2, 0.25) is 5.96 Å². The first-order valence-electron chi connectivity index (χ1n) is 10.1. The SMILES string of the molecule is COc1ccc(-c2ccnc3nc(NC(=NC(C)c4ccc(OC)cc4)NC#N)nn23)cc1. The third-order valence-electron chi connectivity index (χ3n) is 4.95. The largest absolute Gasteiger partial charge is 0.497 e. The van der Waals surface area contributed by atoms with E-state index in [1.54, 1.807) is 24.9 Å². The molecule has 1 unspecified atom stereocenters. The molecular weight excluding hydrogens is 420 g/mol. The summed E-state index contributed by atoms with van der Waals surface area (Å²) < 4.78 is 12.0. The average Bonchev–Trinajstić information content (AvgIpc) is 3.26. The molecule has 0 saturated heterocycles. The second-order valence-electron chi connectivity index (χ2n) is 6.99. The molecule has 0 spiro atoms. The Hall–Kier alpha value is -4.65. The maximum atomic E-state index is 9.17. The highest BCUT2D eigenvalue weighted by atomic mass is 16.5. The van der Waals surface area contributed by atoms with Crippen LogP contribution in [0, 0.1) is 11.5 Å². The quantitative estimate of drug-likeness (QED) is 0.202. The maximum Gasteiger partial charge on any atom is 0.254 e. The van der Waals surface area contributed by atoms with Gasteiger partial charge in [0, 0.05) is 11.8 Å². The van der Waals surface area contributed by atoms with E-state index in [4.69, 9.17) is 9.47 Å². The zero-order valence-corrected chi connectivity index (χ0v) is 18.4.